The zero-order valence-corrected chi connectivity index (χ0v) is 16.2. The van der Waals surface area contributed by atoms with E-state index in [-0.39, 0.29) is 24.5 Å². The summed E-state index contributed by atoms with van der Waals surface area (Å²) >= 11 is 0. The minimum Gasteiger partial charge on any atom is -0.376 e. The summed E-state index contributed by atoms with van der Waals surface area (Å²) in [6, 6.07) is 17.0. The molecule has 0 aromatic heterocycles. The van der Waals surface area contributed by atoms with E-state index in [2.05, 4.69) is 10.6 Å². The molecule has 1 aliphatic heterocycles. The van der Waals surface area contributed by atoms with Gasteiger partial charge in [0.1, 0.15) is 0 Å². The summed E-state index contributed by atoms with van der Waals surface area (Å²) in [7, 11) is 1.90. The first-order chi connectivity index (χ1) is 13.6. The van der Waals surface area contributed by atoms with Gasteiger partial charge in [-0.25, -0.2) is 0 Å². The van der Waals surface area contributed by atoms with Crippen LogP contribution in [0.2, 0.25) is 0 Å². The van der Waals surface area contributed by atoms with E-state index < -0.39 is 0 Å². The van der Waals surface area contributed by atoms with Crippen molar-refractivity contribution >= 4 is 17.5 Å². The molecule has 0 bridgehead atoms. The predicted molar refractivity (Wildman–Crippen MR) is 109 cm³/mol. The topological polar surface area (TPSA) is 70.7 Å². The van der Waals surface area contributed by atoms with Gasteiger partial charge in [0.2, 0.25) is 5.91 Å². The maximum atomic E-state index is 12.3. The third kappa shape index (κ3) is 6.18. The molecule has 28 heavy (non-hydrogen) atoms. The van der Waals surface area contributed by atoms with Gasteiger partial charge in [-0.1, -0.05) is 36.4 Å². The summed E-state index contributed by atoms with van der Waals surface area (Å²) in [4.78, 5) is 26.6. The predicted octanol–water partition coefficient (Wildman–Crippen LogP) is 2.67. The third-order valence-corrected chi connectivity index (χ3v) is 4.63. The molecule has 1 aliphatic rings. The number of ether oxygens (including phenoxy) is 1. The van der Waals surface area contributed by atoms with Crippen LogP contribution >= 0.6 is 0 Å². The summed E-state index contributed by atoms with van der Waals surface area (Å²) < 4.78 is 5.52. The van der Waals surface area contributed by atoms with Gasteiger partial charge in [0.05, 0.1) is 12.6 Å². The van der Waals surface area contributed by atoms with Crippen molar-refractivity contribution in [3.05, 3.63) is 65.7 Å². The van der Waals surface area contributed by atoms with Gasteiger partial charge in [-0.3, -0.25) is 14.5 Å². The van der Waals surface area contributed by atoms with Gasteiger partial charge < -0.3 is 15.4 Å². The van der Waals surface area contributed by atoms with Gasteiger partial charge in [-0.05, 0) is 43.7 Å². The number of carbonyl (C=O) groups excluding carboxylic acids is 2. The van der Waals surface area contributed by atoms with E-state index in [0.717, 1.165) is 25.0 Å². The molecule has 0 saturated carbocycles. The highest BCUT2D eigenvalue weighted by molar-refractivity contribution is 5.97. The monoisotopic (exact) mass is 381 g/mol. The summed E-state index contributed by atoms with van der Waals surface area (Å²) in [5, 5.41) is 5.76. The smallest absolute Gasteiger partial charge is 0.251 e. The van der Waals surface area contributed by atoms with Gasteiger partial charge in [0.15, 0.2) is 0 Å². The molecule has 1 heterocycles. The number of carbonyl (C=O) groups is 2. The van der Waals surface area contributed by atoms with Crippen LogP contribution in [0.15, 0.2) is 54.6 Å². The minimum atomic E-state index is -0.159. The fourth-order valence-electron chi connectivity index (χ4n) is 3.25. The number of rotatable bonds is 8. The Morgan fingerprint density at radius 3 is 2.71 bits per heavy atom. The lowest BCUT2D eigenvalue weighted by Crippen LogP contribution is -2.32. The lowest BCUT2D eigenvalue weighted by molar-refractivity contribution is -0.117. The Kier molecular flexibility index (Phi) is 7.17. The molecule has 1 saturated heterocycles. The fourth-order valence-corrected chi connectivity index (χ4v) is 3.25. The average molecular weight is 381 g/mol. The highest BCUT2D eigenvalue weighted by Gasteiger charge is 2.17. The standard InChI is InChI=1S/C22H27N3O3/c1-25(15-17-7-3-2-4-8-17)16-21(26)24-19-10-5-9-18(13-19)22(27)23-14-20-11-6-12-28-20/h2-5,7-10,13,20H,6,11-12,14-16H2,1H3,(H,23,27)(H,24,26). The van der Waals surface area contributed by atoms with Crippen LogP contribution in [0.4, 0.5) is 5.69 Å². The third-order valence-electron chi connectivity index (χ3n) is 4.63. The van der Waals surface area contributed by atoms with E-state index in [1.54, 1.807) is 24.3 Å². The Balaban J connectivity index is 1.48. The van der Waals surface area contributed by atoms with Gasteiger partial charge in [-0.2, -0.15) is 0 Å². The molecule has 3 rings (SSSR count). The van der Waals surface area contributed by atoms with Crippen molar-refractivity contribution in [2.75, 3.05) is 32.1 Å². The second-order valence-corrected chi connectivity index (χ2v) is 7.13. The van der Waals surface area contributed by atoms with E-state index in [1.165, 1.54) is 0 Å². The van der Waals surface area contributed by atoms with E-state index in [1.807, 2.05) is 42.3 Å². The maximum absolute atomic E-state index is 12.3. The molecule has 148 valence electrons. The van der Waals surface area contributed by atoms with Crippen LogP contribution in [0.25, 0.3) is 0 Å². The Bertz CT molecular complexity index is 789. The molecule has 2 amide bonds. The van der Waals surface area contributed by atoms with Crippen LogP contribution < -0.4 is 10.6 Å². The number of hydrogen-bond donors (Lipinski definition) is 2. The van der Waals surface area contributed by atoms with Crippen LogP contribution in [0.5, 0.6) is 0 Å². The van der Waals surface area contributed by atoms with Crippen LogP contribution in [0.3, 0.4) is 0 Å². The van der Waals surface area contributed by atoms with Crippen LogP contribution in [0.1, 0.15) is 28.8 Å². The van der Waals surface area contributed by atoms with Gasteiger partial charge in [-0.15, -0.1) is 0 Å². The van der Waals surface area contributed by atoms with Crippen molar-refractivity contribution in [3.8, 4) is 0 Å². The van der Waals surface area contributed by atoms with Gasteiger partial charge >= 0.3 is 0 Å². The van der Waals surface area contributed by atoms with Crippen molar-refractivity contribution in [1.29, 1.82) is 0 Å². The molecule has 0 radical (unpaired) electrons. The second kappa shape index (κ2) is 10.0. The summed E-state index contributed by atoms with van der Waals surface area (Å²) in [6.45, 7) is 2.24. The molecule has 1 atom stereocenters. The number of nitrogens with one attached hydrogen (secondary N) is 2. The van der Waals surface area contributed by atoms with Gasteiger partial charge in [0.25, 0.3) is 5.91 Å². The summed E-state index contributed by atoms with van der Waals surface area (Å²) in [6.07, 6.45) is 2.13. The van der Waals surface area contributed by atoms with Crippen LogP contribution in [0, 0.1) is 0 Å². The molecular formula is C22H27N3O3. The van der Waals surface area contributed by atoms with Crippen LogP contribution in [-0.4, -0.2) is 49.6 Å². The average Bonchev–Trinajstić information content (AvgIpc) is 3.20. The second-order valence-electron chi connectivity index (χ2n) is 7.13. The minimum absolute atomic E-state index is 0.104. The van der Waals surface area contributed by atoms with E-state index in [4.69, 9.17) is 4.74 Å². The first-order valence-corrected chi connectivity index (χ1v) is 9.62. The Morgan fingerprint density at radius 1 is 1.14 bits per heavy atom. The molecule has 0 aliphatic carbocycles. The number of benzene rings is 2. The lowest BCUT2D eigenvalue weighted by atomic mass is 10.1. The van der Waals surface area contributed by atoms with Crippen LogP contribution in [-0.2, 0) is 16.1 Å². The first-order valence-electron chi connectivity index (χ1n) is 9.62. The molecule has 1 fully saturated rings. The number of likely N-dealkylation sites (N-methyl/N-ethyl adjacent to an activating group) is 1. The summed E-state index contributed by atoms with van der Waals surface area (Å²) in [5.74, 6) is -0.275. The lowest BCUT2D eigenvalue weighted by Gasteiger charge is -2.16. The molecule has 2 N–H and O–H groups in total. The molecule has 6 heteroatoms. The van der Waals surface area contributed by atoms with E-state index in [0.29, 0.717) is 24.3 Å². The summed E-state index contributed by atoms with van der Waals surface area (Å²) in [5.41, 5.74) is 2.29. The fraction of sp³-hybridized carbons (Fsp3) is 0.364. The Morgan fingerprint density at radius 2 is 1.96 bits per heavy atom. The number of hydrogen-bond acceptors (Lipinski definition) is 4. The molecule has 1 unspecified atom stereocenters. The Hall–Kier alpha value is -2.70. The Labute approximate surface area is 165 Å². The molecule has 0 spiro atoms. The van der Waals surface area contributed by atoms with Crippen molar-refractivity contribution in [3.63, 3.8) is 0 Å². The van der Waals surface area contributed by atoms with E-state index in [9.17, 15) is 9.59 Å². The van der Waals surface area contributed by atoms with Crippen molar-refractivity contribution in [2.45, 2.75) is 25.5 Å². The molecular weight excluding hydrogens is 354 g/mol. The zero-order chi connectivity index (χ0) is 19.8. The largest absolute Gasteiger partial charge is 0.376 e. The van der Waals surface area contributed by atoms with Crippen molar-refractivity contribution in [1.82, 2.24) is 10.2 Å². The molecule has 6 nitrogen and oxygen atoms in total. The van der Waals surface area contributed by atoms with Crippen molar-refractivity contribution in [2.24, 2.45) is 0 Å². The quantitative estimate of drug-likeness (QED) is 0.738. The number of amides is 2. The zero-order valence-electron chi connectivity index (χ0n) is 16.2. The van der Waals surface area contributed by atoms with Crippen molar-refractivity contribution < 1.29 is 14.3 Å². The first kappa shape index (κ1) is 20.0. The highest BCUT2D eigenvalue weighted by Crippen LogP contribution is 2.13. The molecule has 2 aromatic rings. The number of anilines is 1. The molecule has 2 aromatic carbocycles. The maximum Gasteiger partial charge on any atom is 0.251 e. The SMILES string of the molecule is CN(CC(=O)Nc1cccc(C(=O)NCC2CCCO2)c1)Cc1ccccc1. The normalized spacial score (nSPS) is 16.1. The van der Waals surface area contributed by atoms with E-state index >= 15 is 0 Å². The highest BCUT2D eigenvalue weighted by atomic mass is 16.5. The van der Waals surface area contributed by atoms with Gasteiger partial charge in [0, 0.05) is 30.9 Å². The number of nitrogens with zero attached hydrogens (tertiary/aromatic N) is 1.